The van der Waals surface area contributed by atoms with Crippen LogP contribution in [-0.2, 0) is 30.8 Å². The van der Waals surface area contributed by atoms with Crippen molar-refractivity contribution in [2.24, 2.45) is 0 Å². The van der Waals surface area contributed by atoms with Crippen molar-refractivity contribution in [2.45, 2.75) is 25.3 Å². The molecule has 32 heavy (non-hydrogen) atoms. The van der Waals surface area contributed by atoms with Crippen LogP contribution in [0.1, 0.15) is 22.3 Å². The van der Waals surface area contributed by atoms with Gasteiger partial charge >= 0.3 is 0 Å². The van der Waals surface area contributed by atoms with Gasteiger partial charge in [0.25, 0.3) is 10.8 Å². The molecule has 1 atom stereocenters. The largest absolute Gasteiger partial charge is 0.304 e. The molecule has 0 aliphatic carbocycles. The SMILES string of the molecule is Cc1cc(C)cc(N2C(=O)CS(=O)(=O)[C@]23C(=O)N(Cc2ccccc2)c2ccccc23)c1. The number of hydrogen-bond acceptors (Lipinski definition) is 4. The van der Waals surface area contributed by atoms with Crippen molar-refractivity contribution in [2.75, 3.05) is 15.6 Å². The zero-order valence-electron chi connectivity index (χ0n) is 17.8. The Morgan fingerprint density at radius 1 is 0.875 bits per heavy atom. The van der Waals surface area contributed by atoms with E-state index in [1.54, 1.807) is 36.4 Å². The van der Waals surface area contributed by atoms with E-state index in [1.807, 2.05) is 50.2 Å². The van der Waals surface area contributed by atoms with Gasteiger partial charge in [0.15, 0.2) is 9.84 Å². The number of anilines is 2. The third kappa shape index (κ3) is 2.74. The van der Waals surface area contributed by atoms with Gasteiger partial charge in [-0.05, 0) is 48.7 Å². The summed E-state index contributed by atoms with van der Waals surface area (Å²) in [5.74, 6) is -1.92. The van der Waals surface area contributed by atoms with Gasteiger partial charge in [-0.1, -0.05) is 54.6 Å². The molecular formula is C25H22N2O4S. The first-order valence-corrected chi connectivity index (χ1v) is 12.0. The standard InChI is InChI=1S/C25H22N2O4S/c1-17-12-18(2)14-20(13-17)27-23(28)16-32(30,31)25(27)21-10-6-7-11-22(21)26(24(25)29)15-19-8-4-3-5-9-19/h3-14H,15-16H2,1-2H3/t25-/m1/s1. The molecule has 3 aromatic carbocycles. The summed E-state index contributed by atoms with van der Waals surface area (Å²) in [7, 11) is -4.16. The predicted molar refractivity (Wildman–Crippen MR) is 123 cm³/mol. The maximum atomic E-state index is 14.1. The number of sulfone groups is 1. The van der Waals surface area contributed by atoms with Gasteiger partial charge in [0.2, 0.25) is 5.91 Å². The Hall–Kier alpha value is -3.45. The Balaban J connectivity index is 1.77. The number of aryl methyl sites for hydroxylation is 2. The minimum atomic E-state index is -4.16. The lowest BCUT2D eigenvalue weighted by Gasteiger charge is -2.33. The molecule has 162 valence electrons. The second kappa shape index (κ2) is 7.03. The van der Waals surface area contributed by atoms with Crippen LogP contribution in [0.3, 0.4) is 0 Å². The van der Waals surface area contributed by atoms with Crippen molar-refractivity contribution >= 4 is 33.0 Å². The number of para-hydroxylation sites is 1. The number of carbonyl (C=O) groups is 2. The molecule has 3 aromatic rings. The average molecular weight is 447 g/mol. The molecule has 1 spiro atoms. The summed E-state index contributed by atoms with van der Waals surface area (Å²) in [6, 6.07) is 21.7. The first-order valence-electron chi connectivity index (χ1n) is 10.3. The number of carbonyl (C=O) groups excluding carboxylic acids is 2. The molecule has 1 fully saturated rings. The molecule has 0 aromatic heterocycles. The van der Waals surface area contributed by atoms with Crippen LogP contribution < -0.4 is 9.80 Å². The lowest BCUT2D eigenvalue weighted by Crippen LogP contribution is -2.54. The lowest BCUT2D eigenvalue weighted by atomic mass is 10.0. The van der Waals surface area contributed by atoms with Gasteiger partial charge in [-0.2, -0.15) is 0 Å². The number of fused-ring (bicyclic) bond motifs is 2. The van der Waals surface area contributed by atoms with Crippen molar-refractivity contribution in [1.82, 2.24) is 0 Å². The minimum absolute atomic E-state index is 0.211. The Labute approximate surface area is 187 Å². The van der Waals surface area contributed by atoms with E-state index in [4.69, 9.17) is 0 Å². The number of benzene rings is 3. The zero-order chi connectivity index (χ0) is 22.7. The van der Waals surface area contributed by atoms with Crippen LogP contribution in [0.2, 0.25) is 0 Å². The van der Waals surface area contributed by atoms with Crippen molar-refractivity contribution in [1.29, 1.82) is 0 Å². The van der Waals surface area contributed by atoms with Gasteiger partial charge in [0.05, 0.1) is 12.2 Å². The lowest BCUT2D eigenvalue weighted by molar-refractivity contribution is -0.123. The highest BCUT2D eigenvalue weighted by molar-refractivity contribution is 7.94. The molecule has 0 unspecified atom stereocenters. The van der Waals surface area contributed by atoms with E-state index in [1.165, 1.54) is 9.80 Å². The highest BCUT2D eigenvalue weighted by Crippen LogP contribution is 2.52. The fraction of sp³-hybridized carbons (Fsp3) is 0.200. The maximum absolute atomic E-state index is 14.1. The monoisotopic (exact) mass is 446 g/mol. The molecule has 2 aliphatic rings. The van der Waals surface area contributed by atoms with E-state index < -0.39 is 32.3 Å². The molecule has 5 rings (SSSR count). The molecule has 7 heteroatoms. The smallest absolute Gasteiger partial charge is 0.274 e. The van der Waals surface area contributed by atoms with Crippen LogP contribution in [-0.4, -0.2) is 26.0 Å². The van der Waals surface area contributed by atoms with E-state index in [-0.39, 0.29) is 6.54 Å². The molecule has 0 N–H and O–H groups in total. The maximum Gasteiger partial charge on any atom is 0.274 e. The normalized spacial score (nSPS) is 21.4. The fourth-order valence-electron chi connectivity index (χ4n) is 4.89. The van der Waals surface area contributed by atoms with E-state index in [9.17, 15) is 18.0 Å². The number of amides is 2. The van der Waals surface area contributed by atoms with Gasteiger partial charge < -0.3 is 4.90 Å². The van der Waals surface area contributed by atoms with E-state index in [2.05, 4.69) is 0 Å². The third-order valence-electron chi connectivity index (χ3n) is 6.07. The van der Waals surface area contributed by atoms with Crippen molar-refractivity contribution in [3.05, 3.63) is 95.1 Å². The van der Waals surface area contributed by atoms with Crippen molar-refractivity contribution < 1.29 is 18.0 Å². The number of nitrogens with zero attached hydrogens (tertiary/aromatic N) is 2. The average Bonchev–Trinajstić information content (AvgIpc) is 3.11. The Bertz CT molecular complexity index is 1350. The number of rotatable bonds is 3. The molecule has 1 saturated heterocycles. The molecule has 0 radical (unpaired) electrons. The first-order chi connectivity index (χ1) is 15.3. The van der Waals surface area contributed by atoms with E-state index in [0.717, 1.165) is 16.7 Å². The quantitative estimate of drug-likeness (QED) is 0.618. The van der Waals surface area contributed by atoms with Crippen LogP contribution in [0.15, 0.2) is 72.8 Å². The van der Waals surface area contributed by atoms with E-state index >= 15 is 0 Å². The zero-order valence-corrected chi connectivity index (χ0v) is 18.6. The predicted octanol–water partition coefficient (Wildman–Crippen LogP) is 3.46. The van der Waals surface area contributed by atoms with Gasteiger partial charge in [-0.15, -0.1) is 0 Å². The van der Waals surface area contributed by atoms with Crippen LogP contribution in [0.4, 0.5) is 11.4 Å². The first kappa shape index (κ1) is 20.5. The molecule has 0 bridgehead atoms. The molecule has 2 aliphatic heterocycles. The summed E-state index contributed by atoms with van der Waals surface area (Å²) in [4.78, 5) is 27.8. The van der Waals surface area contributed by atoms with Crippen molar-refractivity contribution in [3.63, 3.8) is 0 Å². The van der Waals surface area contributed by atoms with Gasteiger partial charge in [-0.25, -0.2) is 8.42 Å². The highest BCUT2D eigenvalue weighted by atomic mass is 32.2. The van der Waals surface area contributed by atoms with Crippen LogP contribution in [0, 0.1) is 13.8 Å². The molecule has 2 amide bonds. The molecule has 2 heterocycles. The molecule has 0 saturated carbocycles. The van der Waals surface area contributed by atoms with Gasteiger partial charge in [0.1, 0.15) is 5.75 Å². The Morgan fingerprint density at radius 3 is 2.19 bits per heavy atom. The minimum Gasteiger partial charge on any atom is -0.304 e. The molecular weight excluding hydrogens is 424 g/mol. The second-order valence-electron chi connectivity index (χ2n) is 8.37. The highest BCUT2D eigenvalue weighted by Gasteiger charge is 2.69. The summed E-state index contributed by atoms with van der Waals surface area (Å²) < 4.78 is 27.2. The summed E-state index contributed by atoms with van der Waals surface area (Å²) in [6.45, 7) is 3.97. The number of hydrogen-bond donors (Lipinski definition) is 0. The van der Waals surface area contributed by atoms with E-state index in [0.29, 0.717) is 16.9 Å². The van der Waals surface area contributed by atoms with Crippen LogP contribution in [0.25, 0.3) is 0 Å². The fourth-order valence-corrected chi connectivity index (χ4v) is 6.93. The topological polar surface area (TPSA) is 74.8 Å². The van der Waals surface area contributed by atoms with Gasteiger partial charge in [-0.3, -0.25) is 14.5 Å². The summed E-state index contributed by atoms with van der Waals surface area (Å²) in [5.41, 5.74) is 3.88. The Morgan fingerprint density at radius 2 is 1.50 bits per heavy atom. The van der Waals surface area contributed by atoms with Gasteiger partial charge in [0, 0.05) is 11.3 Å². The summed E-state index contributed by atoms with van der Waals surface area (Å²) >= 11 is 0. The van der Waals surface area contributed by atoms with Crippen LogP contribution in [0.5, 0.6) is 0 Å². The second-order valence-corrected chi connectivity index (χ2v) is 10.5. The Kier molecular flexibility index (Phi) is 4.49. The summed E-state index contributed by atoms with van der Waals surface area (Å²) in [5, 5.41) is 0. The third-order valence-corrected chi connectivity index (χ3v) is 8.18. The van der Waals surface area contributed by atoms with Crippen molar-refractivity contribution in [3.8, 4) is 0 Å². The molecule has 6 nitrogen and oxygen atoms in total. The van der Waals surface area contributed by atoms with Crippen LogP contribution >= 0.6 is 0 Å². The summed E-state index contributed by atoms with van der Waals surface area (Å²) in [6.07, 6.45) is 0.